The van der Waals surface area contributed by atoms with Gasteiger partial charge in [0.25, 0.3) is 5.56 Å². The maximum absolute atomic E-state index is 12.7. The summed E-state index contributed by atoms with van der Waals surface area (Å²) in [6, 6.07) is 0. The number of halogens is 3. The molecule has 1 amide bonds. The van der Waals surface area contributed by atoms with E-state index in [4.69, 9.17) is 9.47 Å². The van der Waals surface area contributed by atoms with Crippen LogP contribution in [-0.4, -0.2) is 70.4 Å². The monoisotopic (exact) mass is 480 g/mol. The number of aromatic amines is 1. The highest BCUT2D eigenvalue weighted by Gasteiger charge is 2.36. The highest BCUT2D eigenvalue weighted by Crippen LogP contribution is 2.45. The van der Waals surface area contributed by atoms with Crippen LogP contribution in [0.5, 0.6) is 5.75 Å². The van der Waals surface area contributed by atoms with Crippen LogP contribution in [0.4, 0.5) is 19.1 Å². The third kappa shape index (κ3) is 4.56. The average Bonchev–Trinajstić information content (AvgIpc) is 3.67. The van der Waals surface area contributed by atoms with Gasteiger partial charge < -0.3 is 19.3 Å². The molecule has 3 aliphatic rings. The maximum atomic E-state index is 12.7. The Hall–Kier alpha value is -3.22. The Morgan fingerprint density at radius 3 is 2.50 bits per heavy atom. The molecule has 0 spiro atoms. The van der Waals surface area contributed by atoms with Crippen molar-refractivity contribution in [2.45, 2.75) is 37.5 Å². The first-order valence-corrected chi connectivity index (χ1v) is 11.1. The molecule has 2 aliphatic heterocycles. The molecule has 1 saturated carbocycles. The number of hydrogen-bond acceptors (Lipinski definition) is 8. The fraction of sp³-hybridized carbons (Fsp3) is 0.571. The Labute approximate surface area is 192 Å². The van der Waals surface area contributed by atoms with Crippen LogP contribution in [0.1, 0.15) is 48.1 Å². The number of piperazine rings is 1. The number of nitrogens with one attached hydrogen (secondary N) is 1. The van der Waals surface area contributed by atoms with Gasteiger partial charge in [0.1, 0.15) is 18.4 Å². The molecule has 0 unspecified atom stereocenters. The van der Waals surface area contributed by atoms with E-state index in [1.165, 1.54) is 0 Å². The summed E-state index contributed by atoms with van der Waals surface area (Å²) in [5.74, 6) is 0.667. The lowest BCUT2D eigenvalue weighted by atomic mass is 10.0. The van der Waals surface area contributed by atoms with E-state index in [2.05, 4.69) is 20.2 Å². The molecule has 1 saturated heterocycles. The molecule has 4 heterocycles. The zero-order valence-corrected chi connectivity index (χ0v) is 18.2. The highest BCUT2D eigenvalue weighted by molar-refractivity contribution is 5.77. The average molecular weight is 480 g/mol. The Morgan fingerprint density at radius 2 is 1.85 bits per heavy atom. The number of H-pyrrole nitrogens is 1. The topological polar surface area (TPSA) is 114 Å². The predicted molar refractivity (Wildman–Crippen MR) is 111 cm³/mol. The lowest BCUT2D eigenvalue weighted by molar-refractivity contribution is -0.139. The van der Waals surface area contributed by atoms with Crippen molar-refractivity contribution in [1.82, 2.24) is 25.1 Å². The van der Waals surface area contributed by atoms with Crippen molar-refractivity contribution in [2.24, 2.45) is 0 Å². The number of carbonyl (C=O) groups is 1. The molecule has 34 heavy (non-hydrogen) atoms. The van der Waals surface area contributed by atoms with Gasteiger partial charge in [-0.3, -0.25) is 9.59 Å². The van der Waals surface area contributed by atoms with Crippen molar-refractivity contribution < 1.29 is 27.4 Å². The third-order valence-electron chi connectivity index (χ3n) is 6.21. The largest absolute Gasteiger partial charge is 0.491 e. The number of rotatable bonds is 5. The molecule has 0 bridgehead atoms. The van der Waals surface area contributed by atoms with Gasteiger partial charge in [-0.05, 0) is 18.8 Å². The molecule has 13 heteroatoms. The number of fused-ring (bicyclic) bond motifs is 1. The minimum Gasteiger partial charge on any atom is -0.491 e. The summed E-state index contributed by atoms with van der Waals surface area (Å²) in [6.07, 6.45) is -1.03. The van der Waals surface area contributed by atoms with Crippen molar-refractivity contribution >= 4 is 11.9 Å². The number of nitrogens with zero attached hydrogens (tertiary/aromatic N) is 5. The molecular formula is C21H23F3N6O4. The predicted octanol–water partition coefficient (Wildman–Crippen LogP) is 1.65. The van der Waals surface area contributed by atoms with Crippen LogP contribution in [0.3, 0.4) is 0 Å². The standard InChI is InChI=1S/C21H23F3N6O4/c22-21(23,24)13-9-25-20(26-10-13)30-6-4-29(5-7-30)15(31)11-34-14-3-8-33-18-16(12-1-2-12)19(32)28-27-17(14)18/h9-10,12,14H,1-8,11H2,(H,28,32)/t14-/m1/s1. The van der Waals surface area contributed by atoms with E-state index >= 15 is 0 Å². The van der Waals surface area contributed by atoms with E-state index in [0.717, 1.165) is 25.2 Å². The van der Waals surface area contributed by atoms with Crippen molar-refractivity contribution in [3.63, 3.8) is 0 Å². The van der Waals surface area contributed by atoms with Gasteiger partial charge in [-0.15, -0.1) is 0 Å². The molecule has 1 atom stereocenters. The van der Waals surface area contributed by atoms with Gasteiger partial charge in [0.2, 0.25) is 11.9 Å². The van der Waals surface area contributed by atoms with E-state index in [1.54, 1.807) is 9.80 Å². The van der Waals surface area contributed by atoms with Crippen LogP contribution < -0.4 is 15.2 Å². The number of ether oxygens (including phenoxy) is 2. The second-order valence-corrected chi connectivity index (χ2v) is 8.53. The fourth-order valence-electron chi connectivity index (χ4n) is 4.19. The molecule has 1 N–H and O–H groups in total. The smallest absolute Gasteiger partial charge is 0.419 e. The number of alkyl halides is 3. The normalized spacial score (nSPS) is 20.6. The van der Waals surface area contributed by atoms with Crippen molar-refractivity contribution in [2.75, 3.05) is 44.3 Å². The Kier molecular flexibility index (Phi) is 5.88. The van der Waals surface area contributed by atoms with E-state index in [1.807, 2.05) is 0 Å². The Morgan fingerprint density at radius 1 is 1.15 bits per heavy atom. The first-order chi connectivity index (χ1) is 16.3. The SMILES string of the molecule is O=C(CO[C@@H]1CCOc2c1n[nH]c(=O)c2C1CC1)N1CCN(c2ncc(C(F)(F)F)cn2)CC1. The lowest BCUT2D eigenvalue weighted by Gasteiger charge is -2.35. The molecule has 2 aromatic heterocycles. The summed E-state index contributed by atoms with van der Waals surface area (Å²) in [5, 5.41) is 6.64. The number of aromatic nitrogens is 4. The number of carbonyl (C=O) groups excluding carboxylic acids is 1. The second-order valence-electron chi connectivity index (χ2n) is 8.53. The fourth-order valence-corrected chi connectivity index (χ4v) is 4.19. The minimum absolute atomic E-state index is 0.152. The molecule has 0 radical (unpaired) electrons. The molecule has 5 rings (SSSR count). The summed E-state index contributed by atoms with van der Waals surface area (Å²) < 4.78 is 49.7. The second kappa shape index (κ2) is 8.85. The molecule has 2 aromatic rings. The summed E-state index contributed by atoms with van der Waals surface area (Å²) in [5.41, 5.74) is -0.0105. The van der Waals surface area contributed by atoms with Crippen LogP contribution in [0.15, 0.2) is 17.2 Å². The van der Waals surface area contributed by atoms with Crippen LogP contribution in [-0.2, 0) is 15.7 Å². The van der Waals surface area contributed by atoms with Gasteiger partial charge >= 0.3 is 6.18 Å². The zero-order chi connectivity index (χ0) is 23.9. The van der Waals surface area contributed by atoms with E-state index in [0.29, 0.717) is 56.2 Å². The Balaban J connectivity index is 1.16. The molecular weight excluding hydrogens is 457 g/mol. The van der Waals surface area contributed by atoms with Gasteiger partial charge in [0.05, 0.1) is 17.7 Å². The van der Waals surface area contributed by atoms with Gasteiger partial charge in [0, 0.05) is 45.0 Å². The summed E-state index contributed by atoms with van der Waals surface area (Å²) >= 11 is 0. The van der Waals surface area contributed by atoms with Crippen LogP contribution in [0.2, 0.25) is 0 Å². The van der Waals surface area contributed by atoms with E-state index < -0.39 is 17.8 Å². The van der Waals surface area contributed by atoms with Crippen molar-refractivity contribution in [1.29, 1.82) is 0 Å². The molecule has 2 fully saturated rings. The molecule has 1 aliphatic carbocycles. The molecule has 10 nitrogen and oxygen atoms in total. The van der Waals surface area contributed by atoms with Crippen LogP contribution in [0, 0.1) is 0 Å². The maximum Gasteiger partial charge on any atom is 0.419 e. The first kappa shape index (κ1) is 22.6. The third-order valence-corrected chi connectivity index (χ3v) is 6.21. The minimum atomic E-state index is -4.49. The van der Waals surface area contributed by atoms with Gasteiger partial charge in [-0.25, -0.2) is 15.1 Å². The molecule has 182 valence electrons. The van der Waals surface area contributed by atoms with Gasteiger partial charge in [-0.2, -0.15) is 18.3 Å². The number of hydrogen-bond donors (Lipinski definition) is 1. The van der Waals surface area contributed by atoms with Crippen LogP contribution >= 0.6 is 0 Å². The summed E-state index contributed by atoms with van der Waals surface area (Å²) in [4.78, 5) is 35.9. The number of anilines is 1. The summed E-state index contributed by atoms with van der Waals surface area (Å²) in [7, 11) is 0. The summed E-state index contributed by atoms with van der Waals surface area (Å²) in [6.45, 7) is 1.75. The first-order valence-electron chi connectivity index (χ1n) is 11.1. The van der Waals surface area contributed by atoms with Gasteiger partial charge in [0.15, 0.2) is 5.75 Å². The number of amides is 1. The van der Waals surface area contributed by atoms with Crippen LogP contribution in [0.25, 0.3) is 0 Å². The quantitative estimate of drug-likeness (QED) is 0.687. The van der Waals surface area contributed by atoms with E-state index in [-0.39, 0.29) is 29.9 Å². The Bertz CT molecular complexity index is 1110. The zero-order valence-electron chi connectivity index (χ0n) is 18.2. The van der Waals surface area contributed by atoms with Crippen molar-refractivity contribution in [3.05, 3.63) is 39.6 Å². The van der Waals surface area contributed by atoms with Gasteiger partial charge in [-0.1, -0.05) is 0 Å². The molecule has 0 aromatic carbocycles. The van der Waals surface area contributed by atoms with Crippen molar-refractivity contribution in [3.8, 4) is 5.75 Å². The lowest BCUT2D eigenvalue weighted by Crippen LogP contribution is -2.50. The highest BCUT2D eigenvalue weighted by atomic mass is 19.4. The van der Waals surface area contributed by atoms with E-state index in [9.17, 15) is 22.8 Å².